The molecule has 0 radical (unpaired) electrons. The van der Waals surface area contributed by atoms with Gasteiger partial charge in [-0.2, -0.15) is 10.5 Å². The molecule has 2 nitrogen and oxygen atoms in total. The van der Waals surface area contributed by atoms with E-state index in [0.717, 1.165) is 33.4 Å². The quantitative estimate of drug-likeness (QED) is 0.135. The Morgan fingerprint density at radius 3 is 0.792 bits per heavy atom. The van der Waals surface area contributed by atoms with Gasteiger partial charge in [0.05, 0.1) is 23.3 Å². The number of nitriles is 2. The van der Waals surface area contributed by atoms with Gasteiger partial charge in [0.25, 0.3) is 0 Å². The lowest BCUT2D eigenvalue weighted by Crippen LogP contribution is -1.92. The number of hydrogen-bond donors (Lipinski definition) is 0. The second-order valence-corrected chi connectivity index (χ2v) is 32.8. The number of benzene rings is 22. The number of fused-ring (bicyclic) bond motifs is 18. The van der Waals surface area contributed by atoms with Gasteiger partial charge in [-0.3, -0.25) is 0 Å². The fourth-order valence-electron chi connectivity index (χ4n) is 21.6. The van der Waals surface area contributed by atoms with Crippen molar-refractivity contribution in [3.63, 3.8) is 0 Å². The molecule has 0 aliphatic rings. The van der Waals surface area contributed by atoms with Crippen LogP contribution in [0.25, 0.3) is 273 Å². The van der Waals surface area contributed by atoms with Crippen molar-refractivity contribution < 1.29 is 0 Å². The van der Waals surface area contributed by atoms with Crippen molar-refractivity contribution in [2.75, 3.05) is 0 Å². The molecule has 26 rings (SSSR count). The fraction of sp³-hybridized carbons (Fsp3) is 0. The summed E-state index contributed by atoms with van der Waals surface area (Å²) in [5.74, 6) is 0. The lowest BCUT2D eigenvalue weighted by Gasteiger charge is -2.19. The van der Waals surface area contributed by atoms with E-state index in [1.165, 1.54) is 239 Å². The van der Waals surface area contributed by atoms with Gasteiger partial charge >= 0.3 is 0 Å². The second-order valence-electron chi connectivity index (χ2n) is 32.8. The van der Waals surface area contributed by atoms with Gasteiger partial charge in [-0.25, -0.2) is 0 Å². The normalized spacial score (nSPS) is 12.2. The summed E-state index contributed by atoms with van der Waals surface area (Å²) in [6, 6.07) is 150. The largest absolute Gasteiger partial charge is 0.192 e. The molecule has 0 N–H and O–H groups in total. The van der Waals surface area contributed by atoms with Crippen molar-refractivity contribution in [3.05, 3.63) is 399 Å². The van der Waals surface area contributed by atoms with Crippen molar-refractivity contribution in [1.82, 2.24) is 0 Å². The maximum Gasteiger partial charge on any atom is 0.0991 e. The molecule has 2 heteroatoms. The molecule has 120 heavy (non-hydrogen) atoms. The van der Waals surface area contributed by atoms with Crippen LogP contribution in [0.2, 0.25) is 0 Å². The molecule has 0 bridgehead atoms. The van der Waals surface area contributed by atoms with E-state index in [4.69, 9.17) is 0 Å². The maximum absolute atomic E-state index is 9.55. The zero-order valence-electron chi connectivity index (χ0n) is 64.8. The number of rotatable bonds is 9. The minimum Gasteiger partial charge on any atom is -0.192 e. The minimum absolute atomic E-state index is 0.658. The average Bonchev–Trinajstić information content (AvgIpc) is 1.52. The Balaban J connectivity index is 0.674. The van der Waals surface area contributed by atoms with Gasteiger partial charge in [0, 0.05) is 0 Å². The molecule has 0 aliphatic heterocycles. The molecule has 0 aliphatic carbocycles. The Morgan fingerprint density at radius 2 is 0.392 bits per heavy atom. The lowest BCUT2D eigenvalue weighted by atomic mass is 9.83. The van der Waals surface area contributed by atoms with Crippen LogP contribution in [0, 0.1) is 22.7 Å². The third-order valence-corrected chi connectivity index (χ3v) is 26.8. The topological polar surface area (TPSA) is 47.6 Å². The van der Waals surface area contributed by atoms with Crippen LogP contribution in [0.4, 0.5) is 0 Å². The monoisotopic (exact) mass is 1510 g/mol. The Morgan fingerprint density at radius 1 is 0.133 bits per heavy atom. The molecule has 0 saturated carbocycles. The minimum atomic E-state index is 0.658. The molecule has 0 atom stereocenters. The van der Waals surface area contributed by atoms with E-state index in [9.17, 15) is 10.5 Å². The highest BCUT2D eigenvalue weighted by Gasteiger charge is 2.31. The van der Waals surface area contributed by atoms with Gasteiger partial charge in [0.2, 0.25) is 0 Å². The molecule has 0 fully saturated rings. The Labute approximate surface area is 689 Å². The predicted molar refractivity (Wildman–Crippen MR) is 510 cm³/mol. The number of nitrogens with zero attached hydrogens (tertiary/aromatic N) is 2. The van der Waals surface area contributed by atoms with E-state index in [0.29, 0.717) is 11.1 Å². The summed E-state index contributed by atoms with van der Waals surface area (Å²) in [5, 5.41) is 59.3. The van der Waals surface area contributed by atoms with Crippen molar-refractivity contribution >= 4 is 172 Å². The van der Waals surface area contributed by atoms with Crippen LogP contribution < -0.4 is 0 Å². The summed E-state index contributed by atoms with van der Waals surface area (Å²) in [6.07, 6.45) is 0. The molecule has 0 aromatic heterocycles. The van der Waals surface area contributed by atoms with Gasteiger partial charge in [0.15, 0.2) is 0 Å². The summed E-state index contributed by atoms with van der Waals surface area (Å²) in [6.45, 7) is 0. The zero-order valence-corrected chi connectivity index (χ0v) is 64.8. The van der Waals surface area contributed by atoms with Crippen molar-refractivity contribution in [2.24, 2.45) is 0 Å². The first kappa shape index (κ1) is 66.2. The number of hydrogen-bond acceptors (Lipinski definition) is 2. The van der Waals surface area contributed by atoms with Crippen molar-refractivity contribution in [1.29, 1.82) is 10.5 Å². The van der Waals surface area contributed by atoms with Crippen molar-refractivity contribution in [3.8, 4) is 112 Å². The van der Waals surface area contributed by atoms with Crippen LogP contribution in [0.3, 0.4) is 0 Å². The van der Waals surface area contributed by atoms with Gasteiger partial charge < -0.3 is 0 Å². The first-order valence-corrected chi connectivity index (χ1v) is 41.4. The zero-order chi connectivity index (χ0) is 78.7. The molecule has 0 heterocycles. The highest BCUT2D eigenvalue weighted by atomic mass is 14.3. The summed E-state index contributed by atoms with van der Waals surface area (Å²) >= 11 is 0. The van der Waals surface area contributed by atoms with E-state index < -0.39 is 0 Å². The van der Waals surface area contributed by atoms with Gasteiger partial charge in [0.1, 0.15) is 0 Å². The molecule has 0 unspecified atom stereocenters. The molecule has 0 spiro atoms. The first-order chi connectivity index (χ1) is 59.4. The molecule has 546 valence electrons. The van der Waals surface area contributed by atoms with Gasteiger partial charge in [-0.05, 0) is 333 Å². The van der Waals surface area contributed by atoms with E-state index in [1.54, 1.807) is 0 Å². The smallest absolute Gasteiger partial charge is 0.0991 e. The molecule has 0 amide bonds. The van der Waals surface area contributed by atoms with Crippen LogP contribution in [0.1, 0.15) is 11.1 Å². The third-order valence-electron chi connectivity index (χ3n) is 26.8. The Hall–Kier alpha value is -16.1. The average molecular weight is 1510 g/mol. The standard InChI is InChI=1S/C118H64N2/c119-65-67-31-35-71(36-32-67)77-47-49-81-61-83(53-51-79(81)59-77)85-55-57-99-110-92(85)24-12-30-98(110)117-108(114-96-28-14-26-94-87-19-7-9-21-89(87)101(112(94)96)63-103(114)105(116(99)117)73-15-3-1-4-16-73)76-45-41-70(42-46-76)69-39-43-75(44-40-69)106-104-64-102-90-22-10-8-20-88(90)93-25-13-27-95(111(93)102)113(104)107(74-17-5-2-6-18-74)118-100-58-56-86(91-23-11-29-97(109(91)100)115(106)118)84-54-52-80-60-78(48-50-82(80)62-84)72-37-33-68(66-120)34-38-72/h1-64H. The maximum atomic E-state index is 9.55. The van der Waals surface area contributed by atoms with E-state index in [2.05, 4.69) is 352 Å². The van der Waals surface area contributed by atoms with Crippen molar-refractivity contribution in [2.45, 2.75) is 0 Å². The molecular formula is C118H64N2. The predicted octanol–water partition coefficient (Wildman–Crippen LogP) is 32.6. The highest BCUT2D eigenvalue weighted by molar-refractivity contribution is 6.48. The van der Waals surface area contributed by atoms with Crippen LogP contribution in [-0.4, -0.2) is 0 Å². The lowest BCUT2D eigenvalue weighted by molar-refractivity contribution is 1.48. The van der Waals surface area contributed by atoms with Crippen LogP contribution in [-0.2, 0) is 0 Å². The highest BCUT2D eigenvalue weighted by Crippen LogP contribution is 2.59. The Bertz CT molecular complexity index is 8980. The second kappa shape index (κ2) is 25.2. The molecule has 26 aromatic carbocycles. The summed E-state index contributed by atoms with van der Waals surface area (Å²) < 4.78 is 0. The van der Waals surface area contributed by atoms with E-state index >= 15 is 0 Å². The van der Waals surface area contributed by atoms with E-state index in [1.807, 2.05) is 48.5 Å². The Kier molecular flexibility index (Phi) is 13.9. The third kappa shape index (κ3) is 9.42. The van der Waals surface area contributed by atoms with Gasteiger partial charge in [-0.15, -0.1) is 0 Å². The SMILES string of the molecule is N#Cc1ccc(-c2ccc3cc(-c4ccc5c6c(-c7ccccc7)c7cc8c9ccccc9c9cccc(c7c(-c7ccc(-c%10ccc(-c%11c%12cc%13c%14ccccc%14c%14cccc(c%12c(-c%12ccccc%12)c%12c%15ccc(-c%16ccc%17cc(-c%18ccc(C#N)cc%18)ccc%17c%16)c%16cccc(c%11%12)c%16%15)c%14%13)cc%10)cc7)c6c6cccc4c56)c98)ccc3c2)cc1. The summed E-state index contributed by atoms with van der Waals surface area (Å²) in [7, 11) is 0. The van der Waals surface area contributed by atoms with Crippen LogP contribution in [0.5, 0.6) is 0 Å². The van der Waals surface area contributed by atoms with Crippen LogP contribution >= 0.6 is 0 Å². The first-order valence-electron chi connectivity index (χ1n) is 41.4. The summed E-state index contributed by atoms with van der Waals surface area (Å²) in [4.78, 5) is 0. The molecule has 26 aromatic rings. The van der Waals surface area contributed by atoms with Gasteiger partial charge in [-0.1, -0.05) is 328 Å². The molecular weight excluding hydrogens is 1450 g/mol. The summed E-state index contributed by atoms with van der Waals surface area (Å²) in [5.41, 5.74) is 22.5. The van der Waals surface area contributed by atoms with Crippen LogP contribution in [0.15, 0.2) is 388 Å². The van der Waals surface area contributed by atoms with E-state index in [-0.39, 0.29) is 0 Å². The fourth-order valence-corrected chi connectivity index (χ4v) is 21.6. The molecule has 0 saturated heterocycles.